The molecule has 0 unspecified atom stereocenters. The van der Waals surface area contributed by atoms with Crippen LogP contribution in [0.2, 0.25) is 0 Å². The number of nitrogens with zero attached hydrogens (tertiary/aromatic N) is 1. The number of hydrogen-bond donors (Lipinski definition) is 2. The van der Waals surface area contributed by atoms with E-state index in [1.807, 2.05) is 0 Å². The summed E-state index contributed by atoms with van der Waals surface area (Å²) >= 11 is 0. The molecule has 18 heavy (non-hydrogen) atoms. The minimum atomic E-state index is -0.938. The first kappa shape index (κ1) is 12.3. The second-order valence-corrected chi connectivity index (χ2v) is 4.03. The van der Waals surface area contributed by atoms with Gasteiger partial charge in [0.2, 0.25) is 0 Å². The van der Waals surface area contributed by atoms with Gasteiger partial charge in [0.1, 0.15) is 5.82 Å². The van der Waals surface area contributed by atoms with Crippen molar-refractivity contribution < 1.29 is 14.3 Å². The molecule has 2 N–H and O–H groups in total. The second-order valence-electron chi connectivity index (χ2n) is 4.03. The maximum atomic E-state index is 13.3. The van der Waals surface area contributed by atoms with Crippen molar-refractivity contribution in [3.05, 3.63) is 35.3 Å². The maximum Gasteiger partial charge on any atom is 0.307 e. The lowest BCUT2D eigenvalue weighted by Crippen LogP contribution is -2.08. The minimum Gasteiger partial charge on any atom is -0.481 e. The van der Waals surface area contributed by atoms with Gasteiger partial charge in [-0.15, -0.1) is 0 Å². The van der Waals surface area contributed by atoms with Crippen molar-refractivity contribution in [1.82, 2.24) is 4.98 Å². The second kappa shape index (κ2) is 4.60. The Labute approximate surface area is 103 Å². The van der Waals surface area contributed by atoms with Crippen LogP contribution >= 0.6 is 0 Å². The van der Waals surface area contributed by atoms with Crippen molar-refractivity contribution in [2.24, 2.45) is 0 Å². The average Bonchev–Trinajstić information content (AvgIpc) is 2.30. The number of carboxylic acids is 1. The van der Waals surface area contributed by atoms with E-state index in [0.29, 0.717) is 27.8 Å². The van der Waals surface area contributed by atoms with Gasteiger partial charge in [0, 0.05) is 29.4 Å². The molecule has 0 spiro atoms. The van der Waals surface area contributed by atoms with E-state index < -0.39 is 5.97 Å². The zero-order chi connectivity index (χ0) is 13.3. The Morgan fingerprint density at radius 3 is 2.83 bits per heavy atom. The monoisotopic (exact) mass is 248 g/mol. The first-order chi connectivity index (χ1) is 8.52. The molecule has 0 radical (unpaired) electrons. The highest BCUT2D eigenvalue weighted by Crippen LogP contribution is 2.29. The molecular formula is C13H13FN2O2. The Balaban J connectivity index is 2.76. The first-order valence-corrected chi connectivity index (χ1v) is 5.51. The highest BCUT2D eigenvalue weighted by molar-refractivity contribution is 5.94. The number of aromatic nitrogens is 1. The molecule has 0 saturated heterocycles. The van der Waals surface area contributed by atoms with Crippen LogP contribution in [0, 0.1) is 12.7 Å². The van der Waals surface area contributed by atoms with Gasteiger partial charge in [-0.05, 0) is 25.1 Å². The molecule has 0 aliphatic rings. The Kier molecular flexibility index (Phi) is 3.14. The van der Waals surface area contributed by atoms with E-state index in [9.17, 15) is 9.18 Å². The number of rotatable bonds is 3. The van der Waals surface area contributed by atoms with Crippen molar-refractivity contribution in [2.45, 2.75) is 13.3 Å². The molecule has 1 heterocycles. The van der Waals surface area contributed by atoms with Gasteiger partial charge in [-0.3, -0.25) is 9.78 Å². The van der Waals surface area contributed by atoms with Crippen LogP contribution in [0.25, 0.3) is 10.9 Å². The van der Waals surface area contributed by atoms with E-state index in [1.54, 1.807) is 20.0 Å². The van der Waals surface area contributed by atoms with E-state index in [1.165, 1.54) is 12.1 Å². The van der Waals surface area contributed by atoms with Gasteiger partial charge in [-0.2, -0.15) is 0 Å². The van der Waals surface area contributed by atoms with Gasteiger partial charge in [-0.1, -0.05) is 0 Å². The highest BCUT2D eigenvalue weighted by atomic mass is 19.1. The van der Waals surface area contributed by atoms with Gasteiger partial charge < -0.3 is 10.4 Å². The van der Waals surface area contributed by atoms with Gasteiger partial charge in [0.25, 0.3) is 0 Å². The van der Waals surface area contributed by atoms with Crippen LogP contribution in [-0.2, 0) is 11.2 Å². The molecule has 94 valence electrons. The maximum absolute atomic E-state index is 13.3. The largest absolute Gasteiger partial charge is 0.481 e. The number of pyridine rings is 1. The third-order valence-electron chi connectivity index (χ3n) is 2.83. The molecular weight excluding hydrogens is 235 g/mol. The Hall–Kier alpha value is -2.17. The number of carboxylic acid groups (broad SMARTS) is 1. The van der Waals surface area contributed by atoms with Gasteiger partial charge in [-0.25, -0.2) is 4.39 Å². The van der Waals surface area contributed by atoms with Crippen LogP contribution < -0.4 is 5.32 Å². The van der Waals surface area contributed by atoms with E-state index >= 15 is 0 Å². The predicted molar refractivity (Wildman–Crippen MR) is 67.3 cm³/mol. The van der Waals surface area contributed by atoms with Crippen LogP contribution in [0.1, 0.15) is 11.3 Å². The lowest BCUT2D eigenvalue weighted by Gasteiger charge is -2.13. The Morgan fingerprint density at radius 1 is 1.50 bits per heavy atom. The summed E-state index contributed by atoms with van der Waals surface area (Å²) in [7, 11) is 1.68. The van der Waals surface area contributed by atoms with Gasteiger partial charge in [0.05, 0.1) is 11.9 Å². The zero-order valence-electron chi connectivity index (χ0n) is 10.1. The van der Waals surface area contributed by atoms with Crippen molar-refractivity contribution >= 4 is 22.6 Å². The molecule has 0 amide bonds. The average molecular weight is 248 g/mol. The molecule has 0 bridgehead atoms. The number of fused-ring (bicyclic) bond motifs is 1. The number of aryl methyl sites for hydroxylation is 1. The number of hydrogen-bond acceptors (Lipinski definition) is 3. The smallest absolute Gasteiger partial charge is 0.307 e. The Bertz CT molecular complexity index is 626. The first-order valence-electron chi connectivity index (χ1n) is 5.51. The molecule has 2 rings (SSSR count). The lowest BCUT2D eigenvalue weighted by molar-refractivity contribution is -0.136. The van der Waals surface area contributed by atoms with Crippen LogP contribution in [0.3, 0.4) is 0 Å². The lowest BCUT2D eigenvalue weighted by atomic mass is 10.0. The molecule has 0 fully saturated rings. The summed E-state index contributed by atoms with van der Waals surface area (Å²) in [5.74, 6) is -1.31. The molecule has 5 heteroatoms. The molecule has 0 aliphatic carbocycles. The fourth-order valence-corrected chi connectivity index (χ4v) is 2.05. The molecule has 0 aliphatic heterocycles. The molecule has 1 aromatic carbocycles. The van der Waals surface area contributed by atoms with Crippen molar-refractivity contribution in [3.63, 3.8) is 0 Å². The van der Waals surface area contributed by atoms with E-state index in [0.717, 1.165) is 0 Å². The number of aliphatic carboxylic acids is 1. The number of nitrogens with one attached hydrogen (secondary N) is 1. The summed E-state index contributed by atoms with van der Waals surface area (Å²) in [6, 6.07) is 4.28. The summed E-state index contributed by atoms with van der Waals surface area (Å²) < 4.78 is 13.3. The number of anilines is 1. The fraction of sp³-hybridized carbons (Fsp3) is 0.231. The summed E-state index contributed by atoms with van der Waals surface area (Å²) in [5.41, 5.74) is 2.50. The van der Waals surface area contributed by atoms with E-state index in [4.69, 9.17) is 5.11 Å². The Morgan fingerprint density at radius 2 is 2.22 bits per heavy atom. The third kappa shape index (κ3) is 2.11. The van der Waals surface area contributed by atoms with E-state index in [-0.39, 0.29) is 12.2 Å². The quantitative estimate of drug-likeness (QED) is 0.875. The number of carbonyl (C=O) groups is 1. The SMILES string of the molecule is CNc1c(CC(=O)O)c(C)nc2ccc(F)cc12. The summed E-state index contributed by atoms with van der Waals surface area (Å²) in [6.07, 6.45) is -0.137. The van der Waals surface area contributed by atoms with Crippen LogP contribution in [0.5, 0.6) is 0 Å². The van der Waals surface area contributed by atoms with Crippen LogP contribution in [0.15, 0.2) is 18.2 Å². The van der Waals surface area contributed by atoms with Crippen molar-refractivity contribution in [3.8, 4) is 0 Å². The fourth-order valence-electron chi connectivity index (χ4n) is 2.05. The molecule has 0 atom stereocenters. The zero-order valence-corrected chi connectivity index (χ0v) is 10.1. The van der Waals surface area contributed by atoms with Gasteiger partial charge in [0.15, 0.2) is 0 Å². The molecule has 4 nitrogen and oxygen atoms in total. The summed E-state index contributed by atoms with van der Waals surface area (Å²) in [5, 5.41) is 12.4. The number of halogens is 1. The standard InChI is InChI=1S/C13H13FN2O2/c1-7-9(6-12(17)18)13(15-2)10-5-8(14)3-4-11(10)16-7/h3-5H,6H2,1-2H3,(H,15,16)(H,17,18). The van der Waals surface area contributed by atoms with Crippen molar-refractivity contribution in [2.75, 3.05) is 12.4 Å². The van der Waals surface area contributed by atoms with E-state index in [2.05, 4.69) is 10.3 Å². The number of benzene rings is 1. The topological polar surface area (TPSA) is 62.2 Å². The summed E-state index contributed by atoms with van der Waals surface area (Å²) in [4.78, 5) is 15.2. The van der Waals surface area contributed by atoms with Gasteiger partial charge >= 0.3 is 5.97 Å². The minimum absolute atomic E-state index is 0.137. The third-order valence-corrected chi connectivity index (χ3v) is 2.83. The normalized spacial score (nSPS) is 10.6. The molecule has 0 saturated carbocycles. The van der Waals surface area contributed by atoms with Crippen molar-refractivity contribution in [1.29, 1.82) is 0 Å². The van der Waals surface area contributed by atoms with Crippen LogP contribution in [-0.4, -0.2) is 23.1 Å². The van der Waals surface area contributed by atoms with Crippen LogP contribution in [0.4, 0.5) is 10.1 Å². The molecule has 2 aromatic rings. The predicted octanol–water partition coefficient (Wildman–Crippen LogP) is 2.35. The summed E-state index contributed by atoms with van der Waals surface area (Å²) in [6.45, 7) is 1.75. The molecule has 1 aromatic heterocycles. The highest BCUT2D eigenvalue weighted by Gasteiger charge is 2.14.